The van der Waals surface area contributed by atoms with Gasteiger partial charge in [0.25, 0.3) is 0 Å². The minimum absolute atomic E-state index is 0.814. The number of rotatable bonds is 34. The molecule has 55 atom stereocenters. The Balaban J connectivity index is 0.926. The molecule has 0 unspecified atom stereocenters. The van der Waals surface area contributed by atoms with Crippen molar-refractivity contribution in [3.8, 4) is 0 Å². The Morgan fingerprint density at radius 3 is 0.850 bits per heavy atom. The molecule has 34 N–H and O–H groups in total. The molecule has 0 bridgehead atoms. The number of ether oxygens (including phenoxy) is 21. The van der Waals surface area contributed by atoms with Gasteiger partial charge in [0, 0.05) is 27.7 Å². The van der Waals surface area contributed by atoms with Gasteiger partial charge in [-0.25, -0.2) is 0 Å². The van der Waals surface area contributed by atoms with Gasteiger partial charge in [-0.3, -0.25) is 19.2 Å². The second kappa shape index (κ2) is 47.6. The average molecular weight is 1950 g/mol. The first-order valence-electron chi connectivity index (χ1n) is 42.5. The van der Waals surface area contributed by atoms with Gasteiger partial charge in [-0.15, -0.1) is 0 Å². The fourth-order valence-electron chi connectivity index (χ4n) is 17.3. The summed E-state index contributed by atoms with van der Waals surface area (Å²) in [6.45, 7) is -6.67. The van der Waals surface area contributed by atoms with E-state index in [0.29, 0.717) is 0 Å². The van der Waals surface area contributed by atoms with Crippen molar-refractivity contribution in [2.45, 2.75) is 372 Å². The van der Waals surface area contributed by atoms with Crippen LogP contribution in [-0.2, 0) is 119 Å². The smallest absolute Gasteiger partial charge is 0.217 e. The highest BCUT2D eigenvalue weighted by Crippen LogP contribution is 2.42. The zero-order valence-corrected chi connectivity index (χ0v) is 71.4. The van der Waals surface area contributed by atoms with Crippen molar-refractivity contribution in [1.29, 1.82) is 0 Å². The first-order valence-corrected chi connectivity index (χ1v) is 42.5. The quantitative estimate of drug-likeness (QED) is 0.0284. The molecule has 0 aromatic carbocycles. The summed E-state index contributed by atoms with van der Waals surface area (Å²) in [5.74, 6) is -3.82. The first-order chi connectivity index (χ1) is 62.9. The van der Waals surface area contributed by atoms with Gasteiger partial charge in [0.1, 0.15) is 262 Å². The van der Waals surface area contributed by atoms with Gasteiger partial charge < -0.3 is 274 Å². The maximum absolute atomic E-state index is 13.4. The maximum atomic E-state index is 13.4. The lowest BCUT2D eigenvalue weighted by Crippen LogP contribution is -2.71. The first kappa shape index (κ1) is 109. The third-order valence-electron chi connectivity index (χ3n) is 24.6. The third kappa shape index (κ3) is 23.9. The van der Waals surface area contributed by atoms with E-state index < -0.39 is 427 Å². The standard InChI is InChI=1S/C74H124N4O55/c1-16-35(92)46(103)51(108)68(114-16)133-63-60(130-70-53(110)48(105)37(94)22(7-80)117-70)40(97)25(10-83)120-74(63)128-58-29(14-87)123-67(34(45(58)102)78-20(5)91)132-62-50(107)39(96)24(9-82)119-73(62)129-59-41(98)30(124-71(54(59)111)127-57-28(13-86)121-65(32(43(57)100)76-18(3)89)125-55-26(11-84)115-64(112)31(42(55)99)75-17(2)88)15-113-72-61(49(106)38(95)23(8-81)118-72)131-66-33(77-19(4)90)44(101)56(27(12-85)122-66)126-69-52(109)47(104)36(93)21(6-79)116-69/h16,21-74,79-87,92-112H,6-15H2,1-5H3,(H,75,88)(H,76,89)(H,77,90)(H,78,91)/t16-,21+,22+,23+,24+,25+,26+,27+,28+,29+,30+,31+,32+,33+,34+,35+,36-,37-,38+,39+,40-,41+,42+,43+,44+,45+,46+,47-,48-,49-,50-,51-,52+,53+,54-,55+,56+,57+,58+,59-,60-,61-,62-,63+,64+,65-,66-,67-,68-,69-,70+,71-,72-,73+,74-/m0/s1. The average Bonchev–Trinajstić information content (AvgIpc) is 0.758. The predicted molar refractivity (Wildman–Crippen MR) is 407 cm³/mol. The molecule has 4 amide bonds. The van der Waals surface area contributed by atoms with E-state index in [0.717, 1.165) is 27.7 Å². The van der Waals surface area contributed by atoms with Crippen LogP contribution in [0.1, 0.15) is 34.6 Å². The SMILES string of the molecule is CC(=O)N[C@@H]1[C@@H](O)[C@H](O[C@@H]2O[C@H](CO)[C@@H](O[C@@H]3O[C@H](CO[C@H]4O[C@H](CO)[C@@H](O)[C@H](O)[C@@H]4O[C@@H]4O[C@H](CO)[C@@H](O[C@@H]5O[C@H](CO)[C@H](O)[C@H](O)[C@H]5O)[C@H](O)[C@H]4NC(C)=O)[C@@H](O)[C@H](O[C@H]4O[C@H](CO)[C@@H](O)[C@H](O)[C@@H]4O[C@@H]4O[C@H](CO)[C@@H](O[C@@H]5O[C@H](CO)[C@H](O)[C@H](O[C@H]6O[C@H](CO)[C@H](O)[C@H](O)[C@H]6O)[C@H]5O[C@@H]5O[C@@H](C)[C@@H](O)[C@@H](O)[C@@H]5O)[C@H](O)[C@H]4NC(C)=O)[C@@H]3O)[C@H](O)[C@H]2NC(C)=O)[C@@H](CO)O[C@H]1O. The van der Waals surface area contributed by atoms with Gasteiger partial charge in [0.05, 0.1) is 72.2 Å². The highest BCUT2D eigenvalue weighted by atomic mass is 16.8. The molecule has 11 heterocycles. The van der Waals surface area contributed by atoms with E-state index >= 15 is 0 Å². The van der Waals surface area contributed by atoms with Crippen LogP contribution in [0.25, 0.3) is 0 Å². The molecule has 133 heavy (non-hydrogen) atoms. The highest BCUT2D eigenvalue weighted by Gasteiger charge is 2.63. The molecule has 770 valence electrons. The summed E-state index contributed by atoms with van der Waals surface area (Å²) in [4.78, 5) is 51.8. The third-order valence-corrected chi connectivity index (χ3v) is 24.6. The van der Waals surface area contributed by atoms with Crippen molar-refractivity contribution < 1.29 is 272 Å². The van der Waals surface area contributed by atoms with Crippen molar-refractivity contribution in [2.24, 2.45) is 0 Å². The fraction of sp³-hybridized carbons (Fsp3) is 0.946. The molecule has 59 nitrogen and oxygen atoms in total. The molecule has 0 aromatic heterocycles. The van der Waals surface area contributed by atoms with Crippen LogP contribution in [0, 0.1) is 0 Å². The van der Waals surface area contributed by atoms with E-state index in [1.807, 2.05) is 0 Å². The molecular formula is C74H124N4O55. The summed E-state index contributed by atoms with van der Waals surface area (Å²) in [5.41, 5.74) is 0. The van der Waals surface area contributed by atoms with Crippen LogP contribution in [0.5, 0.6) is 0 Å². The number of carbonyl (C=O) groups is 4. The number of hydrogen-bond acceptors (Lipinski definition) is 55. The van der Waals surface area contributed by atoms with Gasteiger partial charge >= 0.3 is 0 Å². The van der Waals surface area contributed by atoms with Crippen molar-refractivity contribution in [1.82, 2.24) is 21.3 Å². The molecular weight excluding hydrogens is 1820 g/mol. The molecule has 59 heteroatoms. The Bertz CT molecular complexity index is 3630. The molecule has 11 aliphatic rings. The summed E-state index contributed by atoms with van der Waals surface area (Å²) in [6.07, 6.45) is -109. The molecule has 11 saturated heterocycles. The minimum atomic E-state index is -2.66. The van der Waals surface area contributed by atoms with Crippen LogP contribution in [0.2, 0.25) is 0 Å². The van der Waals surface area contributed by atoms with Crippen LogP contribution in [-0.4, -0.2) is 580 Å². The van der Waals surface area contributed by atoms with Gasteiger partial charge in [-0.05, 0) is 6.92 Å². The Kier molecular flexibility index (Phi) is 39.1. The second-order valence-electron chi connectivity index (χ2n) is 33.8. The van der Waals surface area contributed by atoms with Crippen molar-refractivity contribution in [3.05, 3.63) is 0 Å². The van der Waals surface area contributed by atoms with Crippen LogP contribution >= 0.6 is 0 Å². The molecule has 0 aromatic rings. The van der Waals surface area contributed by atoms with Gasteiger partial charge in [-0.2, -0.15) is 0 Å². The van der Waals surface area contributed by atoms with Crippen LogP contribution in [0.15, 0.2) is 0 Å². The maximum Gasteiger partial charge on any atom is 0.217 e. The van der Waals surface area contributed by atoms with Crippen LogP contribution in [0.4, 0.5) is 0 Å². The Hall–Kier alpha value is -4.16. The molecule has 11 fully saturated rings. The largest absolute Gasteiger partial charge is 0.394 e. The number of hydrogen-bond donors (Lipinski definition) is 34. The topological polar surface area (TPSA) is 917 Å². The monoisotopic (exact) mass is 1950 g/mol. The number of carbonyl (C=O) groups excluding carboxylic acids is 4. The van der Waals surface area contributed by atoms with Gasteiger partial charge in [0.2, 0.25) is 23.6 Å². The predicted octanol–water partition coefficient (Wildman–Crippen LogP) is -23.4. The number of amides is 4. The summed E-state index contributed by atoms with van der Waals surface area (Å²) in [7, 11) is 0. The Morgan fingerprint density at radius 2 is 0.459 bits per heavy atom. The highest BCUT2D eigenvalue weighted by molar-refractivity contribution is 5.74. The van der Waals surface area contributed by atoms with E-state index in [1.54, 1.807) is 0 Å². The van der Waals surface area contributed by atoms with Crippen LogP contribution < -0.4 is 21.3 Å². The van der Waals surface area contributed by atoms with E-state index in [-0.39, 0.29) is 0 Å². The summed E-state index contributed by atoms with van der Waals surface area (Å²) < 4.78 is 126. The molecule has 0 saturated carbocycles. The zero-order valence-electron chi connectivity index (χ0n) is 71.4. The van der Waals surface area contributed by atoms with E-state index in [2.05, 4.69) is 21.3 Å². The van der Waals surface area contributed by atoms with Gasteiger partial charge in [-0.1, -0.05) is 0 Å². The van der Waals surface area contributed by atoms with Crippen LogP contribution in [0.3, 0.4) is 0 Å². The van der Waals surface area contributed by atoms with E-state index in [1.165, 1.54) is 6.92 Å². The molecule has 11 aliphatic heterocycles. The van der Waals surface area contributed by atoms with Gasteiger partial charge in [0.15, 0.2) is 69.2 Å². The van der Waals surface area contributed by atoms with Crippen molar-refractivity contribution >= 4 is 23.6 Å². The molecule has 11 rings (SSSR count). The summed E-state index contributed by atoms with van der Waals surface area (Å²) in [5, 5.41) is 346. The summed E-state index contributed by atoms with van der Waals surface area (Å²) in [6, 6.07) is -7.77. The van der Waals surface area contributed by atoms with E-state index in [9.17, 15) is 172 Å². The number of aliphatic hydroxyl groups excluding tert-OH is 30. The minimum Gasteiger partial charge on any atom is -0.394 e. The Labute approximate surface area is 752 Å². The molecule has 0 spiro atoms. The zero-order chi connectivity index (χ0) is 97.8. The van der Waals surface area contributed by atoms with E-state index in [4.69, 9.17) is 99.5 Å². The lowest BCUT2D eigenvalue weighted by molar-refractivity contribution is -0.408. The molecule has 0 radical (unpaired) electrons. The Morgan fingerprint density at radius 1 is 0.211 bits per heavy atom. The number of nitrogens with one attached hydrogen (secondary N) is 4. The summed E-state index contributed by atoms with van der Waals surface area (Å²) >= 11 is 0. The van der Waals surface area contributed by atoms with Crippen molar-refractivity contribution in [2.75, 3.05) is 66.1 Å². The lowest BCUT2D eigenvalue weighted by Gasteiger charge is -2.52. The fourth-order valence-corrected chi connectivity index (χ4v) is 17.3. The second-order valence-corrected chi connectivity index (χ2v) is 33.8. The molecule has 0 aliphatic carbocycles. The normalized spacial score (nSPS) is 50.1. The number of aliphatic hydroxyl groups is 30. The van der Waals surface area contributed by atoms with Crippen molar-refractivity contribution in [3.63, 3.8) is 0 Å². The lowest BCUT2D eigenvalue weighted by atomic mass is 9.93.